The number of aryl methyl sites for hydroxylation is 2. The summed E-state index contributed by atoms with van der Waals surface area (Å²) in [6, 6.07) is 0. The lowest BCUT2D eigenvalue weighted by molar-refractivity contribution is -0.121. The van der Waals surface area contributed by atoms with E-state index < -0.39 is 0 Å². The van der Waals surface area contributed by atoms with E-state index in [-0.39, 0.29) is 5.91 Å². The van der Waals surface area contributed by atoms with Gasteiger partial charge >= 0.3 is 0 Å². The quantitative estimate of drug-likeness (QED) is 0.836. The summed E-state index contributed by atoms with van der Waals surface area (Å²) in [5.41, 5.74) is 1.03. The molecule has 15 heavy (non-hydrogen) atoms. The van der Waals surface area contributed by atoms with Crippen molar-refractivity contribution in [2.24, 2.45) is 5.92 Å². The molecule has 1 heterocycles. The molecule has 0 atom stereocenters. The van der Waals surface area contributed by atoms with Crippen LogP contribution in [0.2, 0.25) is 0 Å². The first-order valence-electron chi connectivity index (χ1n) is 5.25. The summed E-state index contributed by atoms with van der Waals surface area (Å²) in [5.74, 6) is 0.629. The van der Waals surface area contributed by atoms with Crippen LogP contribution in [-0.4, -0.2) is 17.4 Å². The molecular weight excluding hydrogens is 208 g/mol. The number of nitrogens with one attached hydrogen (secondary N) is 1. The van der Waals surface area contributed by atoms with Crippen LogP contribution in [-0.2, 0) is 11.2 Å². The number of carbonyl (C=O) groups is 1. The minimum absolute atomic E-state index is 0.120. The lowest BCUT2D eigenvalue weighted by Gasteiger charge is -2.06. The Morgan fingerprint density at radius 1 is 1.60 bits per heavy atom. The molecule has 0 unspecified atom stereocenters. The van der Waals surface area contributed by atoms with Crippen molar-refractivity contribution in [2.45, 2.75) is 33.6 Å². The van der Waals surface area contributed by atoms with Gasteiger partial charge in [0.15, 0.2) is 0 Å². The molecule has 0 aliphatic heterocycles. The van der Waals surface area contributed by atoms with Gasteiger partial charge in [-0.2, -0.15) is 0 Å². The highest BCUT2D eigenvalue weighted by Crippen LogP contribution is 2.09. The molecule has 84 valence electrons. The Labute approximate surface area is 94.9 Å². The highest BCUT2D eigenvalue weighted by atomic mass is 32.1. The fraction of sp³-hybridized carbons (Fsp3) is 0.636. The predicted molar refractivity (Wildman–Crippen MR) is 63.0 cm³/mol. The zero-order valence-corrected chi connectivity index (χ0v) is 10.4. The molecule has 1 aromatic heterocycles. The van der Waals surface area contributed by atoms with Gasteiger partial charge in [-0.3, -0.25) is 4.79 Å². The minimum atomic E-state index is 0.120. The maximum Gasteiger partial charge on any atom is 0.220 e. The zero-order valence-electron chi connectivity index (χ0n) is 9.54. The van der Waals surface area contributed by atoms with Gasteiger partial charge in [0.05, 0.1) is 10.7 Å². The number of hydrogen-bond donors (Lipinski definition) is 1. The van der Waals surface area contributed by atoms with Gasteiger partial charge in [-0.1, -0.05) is 13.8 Å². The zero-order chi connectivity index (χ0) is 11.3. The Hall–Kier alpha value is -0.900. The first-order chi connectivity index (χ1) is 7.08. The van der Waals surface area contributed by atoms with Crippen LogP contribution >= 0.6 is 11.3 Å². The van der Waals surface area contributed by atoms with E-state index in [4.69, 9.17) is 0 Å². The summed E-state index contributed by atoms with van der Waals surface area (Å²) in [6.07, 6.45) is 1.28. The SMILES string of the molecule is Cc1nc(CCC(=O)NCC(C)C)cs1. The summed E-state index contributed by atoms with van der Waals surface area (Å²) >= 11 is 1.63. The van der Waals surface area contributed by atoms with E-state index in [0.717, 1.165) is 23.7 Å². The minimum Gasteiger partial charge on any atom is -0.356 e. The van der Waals surface area contributed by atoms with Crippen LogP contribution in [0.5, 0.6) is 0 Å². The maximum absolute atomic E-state index is 11.4. The number of carbonyl (C=O) groups excluding carboxylic acids is 1. The Morgan fingerprint density at radius 2 is 2.33 bits per heavy atom. The maximum atomic E-state index is 11.4. The van der Waals surface area contributed by atoms with Crippen LogP contribution in [0.1, 0.15) is 31.0 Å². The van der Waals surface area contributed by atoms with Crippen molar-refractivity contribution in [3.63, 3.8) is 0 Å². The number of thiazole rings is 1. The third-order valence-electron chi connectivity index (χ3n) is 1.98. The van der Waals surface area contributed by atoms with Crippen LogP contribution in [0, 0.1) is 12.8 Å². The van der Waals surface area contributed by atoms with Gasteiger partial charge in [0.2, 0.25) is 5.91 Å². The second kappa shape index (κ2) is 5.85. The van der Waals surface area contributed by atoms with E-state index in [1.807, 2.05) is 12.3 Å². The first kappa shape index (κ1) is 12.2. The van der Waals surface area contributed by atoms with E-state index in [9.17, 15) is 4.79 Å². The number of rotatable bonds is 5. The van der Waals surface area contributed by atoms with Crippen LogP contribution in [0.3, 0.4) is 0 Å². The molecule has 0 radical (unpaired) electrons. The fourth-order valence-corrected chi connectivity index (χ4v) is 1.82. The Bertz CT molecular complexity index is 320. The van der Waals surface area contributed by atoms with Crippen molar-refractivity contribution < 1.29 is 4.79 Å². The summed E-state index contributed by atoms with van der Waals surface area (Å²) in [5, 5.41) is 5.98. The van der Waals surface area contributed by atoms with Crippen molar-refractivity contribution in [3.8, 4) is 0 Å². The molecule has 0 spiro atoms. The molecule has 0 saturated heterocycles. The second-order valence-electron chi connectivity index (χ2n) is 4.06. The van der Waals surface area contributed by atoms with Gasteiger partial charge < -0.3 is 5.32 Å². The molecule has 0 saturated carbocycles. The molecule has 0 bridgehead atoms. The molecule has 0 fully saturated rings. The molecule has 3 nitrogen and oxygen atoms in total. The predicted octanol–water partition coefficient (Wildman–Crippen LogP) is 2.16. The number of amides is 1. The molecule has 1 N–H and O–H groups in total. The third-order valence-corrected chi connectivity index (χ3v) is 2.80. The lowest BCUT2D eigenvalue weighted by Crippen LogP contribution is -2.27. The molecule has 1 rings (SSSR count). The fourth-order valence-electron chi connectivity index (χ4n) is 1.17. The Kier molecular flexibility index (Phi) is 4.75. The van der Waals surface area contributed by atoms with Crippen LogP contribution in [0.15, 0.2) is 5.38 Å². The Morgan fingerprint density at radius 3 is 2.87 bits per heavy atom. The normalized spacial score (nSPS) is 10.7. The van der Waals surface area contributed by atoms with Crippen molar-refractivity contribution in [3.05, 3.63) is 16.1 Å². The van der Waals surface area contributed by atoms with E-state index in [1.165, 1.54) is 0 Å². The topological polar surface area (TPSA) is 42.0 Å². The Balaban J connectivity index is 2.22. The van der Waals surface area contributed by atoms with Gasteiger partial charge in [-0.15, -0.1) is 11.3 Å². The molecule has 1 amide bonds. The third kappa shape index (κ3) is 4.93. The van der Waals surface area contributed by atoms with Gasteiger partial charge in [-0.05, 0) is 19.3 Å². The number of nitrogens with zero attached hydrogens (tertiary/aromatic N) is 1. The smallest absolute Gasteiger partial charge is 0.220 e. The van der Waals surface area contributed by atoms with Crippen LogP contribution in [0.4, 0.5) is 0 Å². The van der Waals surface area contributed by atoms with Crippen LogP contribution < -0.4 is 5.32 Å². The summed E-state index contributed by atoms with van der Waals surface area (Å²) in [6.45, 7) is 6.91. The lowest BCUT2D eigenvalue weighted by atomic mass is 10.2. The van der Waals surface area contributed by atoms with E-state index >= 15 is 0 Å². The molecule has 1 aromatic rings. The van der Waals surface area contributed by atoms with E-state index in [1.54, 1.807) is 11.3 Å². The van der Waals surface area contributed by atoms with Crippen LogP contribution in [0.25, 0.3) is 0 Å². The second-order valence-corrected chi connectivity index (χ2v) is 5.12. The molecule has 0 aliphatic rings. The molecular formula is C11H18N2OS. The highest BCUT2D eigenvalue weighted by Gasteiger charge is 2.04. The van der Waals surface area contributed by atoms with Gasteiger partial charge in [-0.25, -0.2) is 4.98 Å². The van der Waals surface area contributed by atoms with Gasteiger partial charge in [0, 0.05) is 18.3 Å². The molecule has 4 heteroatoms. The first-order valence-corrected chi connectivity index (χ1v) is 6.13. The van der Waals surface area contributed by atoms with Gasteiger partial charge in [0.25, 0.3) is 0 Å². The largest absolute Gasteiger partial charge is 0.356 e. The summed E-state index contributed by atoms with van der Waals surface area (Å²) in [4.78, 5) is 15.7. The summed E-state index contributed by atoms with van der Waals surface area (Å²) < 4.78 is 0. The standard InChI is InChI=1S/C11H18N2OS/c1-8(2)6-12-11(14)5-4-10-7-15-9(3)13-10/h7-8H,4-6H2,1-3H3,(H,12,14). The average molecular weight is 226 g/mol. The van der Waals surface area contributed by atoms with Crippen molar-refractivity contribution in [1.29, 1.82) is 0 Å². The summed E-state index contributed by atoms with van der Waals surface area (Å²) in [7, 11) is 0. The molecule has 0 aliphatic carbocycles. The average Bonchev–Trinajstić information content (AvgIpc) is 2.58. The van der Waals surface area contributed by atoms with Crippen molar-refractivity contribution in [1.82, 2.24) is 10.3 Å². The molecule has 0 aromatic carbocycles. The monoisotopic (exact) mass is 226 g/mol. The van der Waals surface area contributed by atoms with E-state index in [0.29, 0.717) is 12.3 Å². The number of aromatic nitrogens is 1. The van der Waals surface area contributed by atoms with Crippen molar-refractivity contribution in [2.75, 3.05) is 6.54 Å². The van der Waals surface area contributed by atoms with Gasteiger partial charge in [0.1, 0.15) is 0 Å². The number of hydrogen-bond acceptors (Lipinski definition) is 3. The van der Waals surface area contributed by atoms with Crippen molar-refractivity contribution >= 4 is 17.2 Å². The van der Waals surface area contributed by atoms with E-state index in [2.05, 4.69) is 24.1 Å². The highest BCUT2D eigenvalue weighted by molar-refractivity contribution is 7.09.